The number of nitrogens with zero attached hydrogens (tertiary/aromatic N) is 8. The highest BCUT2D eigenvalue weighted by Crippen LogP contribution is 2.33. The van der Waals surface area contributed by atoms with E-state index in [0.717, 1.165) is 128 Å². The van der Waals surface area contributed by atoms with Crippen molar-refractivity contribution in [1.29, 1.82) is 0 Å². The summed E-state index contributed by atoms with van der Waals surface area (Å²) >= 11 is 0. The Morgan fingerprint density at radius 2 is 1.05 bits per heavy atom. The Hall–Kier alpha value is -9.60. The van der Waals surface area contributed by atoms with Gasteiger partial charge in [-0.2, -0.15) is 19.2 Å². The summed E-state index contributed by atoms with van der Waals surface area (Å²) < 4.78 is 3.67. The van der Waals surface area contributed by atoms with Crippen molar-refractivity contribution in [2.45, 2.75) is 90.1 Å². The SMILES string of the molecule is C=CC(=O)Nc1ccc(C(=O)Nc2cccc(Nc3cc(N4CCCCC4CCO)nc4c(CC)cnn34)c2)cc1.C=CC(=O)Nc1ccc(C(=O)O)cc1.CCc1cnn2c(Nc3cccc(N)c3)cc(N3CCCCC3CCO)nc12. The molecule has 10 N–H and O–H groups in total. The zero-order valence-corrected chi connectivity index (χ0v) is 46.8. The van der Waals surface area contributed by atoms with E-state index in [0.29, 0.717) is 40.8 Å². The number of carbonyl (C=O) groups excluding carboxylic acids is 3. The first kappa shape index (κ1) is 59.5. The number of aliphatic hydroxyl groups excluding tert-OH is 2. The summed E-state index contributed by atoms with van der Waals surface area (Å²) in [6.07, 6.45) is 15.9. The molecule has 3 amide bonds. The Kier molecular flexibility index (Phi) is 20.6. The van der Waals surface area contributed by atoms with Crippen molar-refractivity contribution in [2.24, 2.45) is 0 Å². The average Bonchev–Trinajstić information content (AvgIpc) is 4.37. The summed E-state index contributed by atoms with van der Waals surface area (Å²) in [5.41, 5.74) is 14.6. The van der Waals surface area contributed by atoms with Crippen LogP contribution in [0.2, 0.25) is 0 Å². The zero-order chi connectivity index (χ0) is 58.8. The Morgan fingerprint density at radius 1 is 0.590 bits per heavy atom. The number of aliphatic hydroxyl groups is 2. The van der Waals surface area contributed by atoms with Gasteiger partial charge in [-0.3, -0.25) is 14.4 Å². The number of aromatic carboxylic acids is 1. The molecular formula is C62H72N14O7. The molecular weight excluding hydrogens is 1050 g/mol. The number of carboxylic acid groups (broad SMARTS) is 1. The van der Waals surface area contributed by atoms with Gasteiger partial charge in [0.15, 0.2) is 11.3 Å². The van der Waals surface area contributed by atoms with Crippen molar-refractivity contribution in [3.63, 3.8) is 0 Å². The second kappa shape index (κ2) is 28.7. The lowest BCUT2D eigenvalue weighted by Crippen LogP contribution is -2.40. The number of aryl methyl sites for hydroxylation is 2. The standard InChI is InChI=1S/C31H35N7O3.C21H28N6O.C10H9NO3/c1-3-21-20-32-38-28(19-27(36-30(21)38)37-16-6-5-10-26(37)15-17-39)33-24-8-7-9-25(18-24)35-31(41)22-11-13-23(14-12-22)34-29(40)4-2;1-2-15-14-23-27-20(24-17-7-5-6-16(22)12-17)13-19(25-21(15)27)26-10-4-3-8-18(26)9-11-28;1-2-9(12)11-8-5-3-7(4-6-8)10(13)14/h4,7-9,11-14,18-20,26,33,39H,2-3,5-6,10,15-17H2,1H3,(H,34,40)(H,35,41);5-7,12-14,18,24,28H,2-4,8-11,22H2,1H3;2-6H,1H2,(H,11,12)(H,13,14). The molecule has 2 aliphatic rings. The van der Waals surface area contributed by atoms with E-state index < -0.39 is 5.97 Å². The third kappa shape index (κ3) is 15.4. The normalized spacial score (nSPS) is 14.7. The van der Waals surface area contributed by atoms with Gasteiger partial charge in [-0.15, -0.1) is 0 Å². The van der Waals surface area contributed by atoms with Crippen molar-refractivity contribution in [2.75, 3.05) is 68.4 Å². The van der Waals surface area contributed by atoms with Crippen LogP contribution in [0.3, 0.4) is 0 Å². The molecule has 2 saturated heterocycles. The minimum Gasteiger partial charge on any atom is -0.478 e. The van der Waals surface area contributed by atoms with Crippen LogP contribution in [0.1, 0.15) is 97.1 Å². The number of aromatic nitrogens is 6. The van der Waals surface area contributed by atoms with Gasteiger partial charge >= 0.3 is 5.97 Å². The molecule has 2 atom stereocenters. The number of nitrogens with one attached hydrogen (secondary N) is 5. The van der Waals surface area contributed by atoms with Crippen molar-refractivity contribution in [3.8, 4) is 0 Å². The van der Waals surface area contributed by atoms with Gasteiger partial charge in [-0.1, -0.05) is 39.1 Å². The van der Waals surface area contributed by atoms with E-state index in [-0.39, 0.29) is 42.5 Å². The topological polar surface area (TPSA) is 282 Å². The van der Waals surface area contributed by atoms with Crippen LogP contribution in [-0.2, 0) is 22.4 Å². The number of rotatable bonds is 19. The number of hydrogen-bond donors (Lipinski definition) is 9. The molecule has 0 radical (unpaired) electrons. The number of fused-ring (bicyclic) bond motifs is 2. The van der Waals surface area contributed by atoms with Gasteiger partial charge in [0.1, 0.15) is 23.3 Å². The lowest BCUT2D eigenvalue weighted by atomic mass is 9.99. The molecule has 8 aromatic rings. The fourth-order valence-corrected chi connectivity index (χ4v) is 10.0. The van der Waals surface area contributed by atoms with Gasteiger partial charge in [-0.25, -0.2) is 14.8 Å². The molecule has 10 rings (SSSR count). The molecule has 0 bridgehead atoms. The maximum atomic E-state index is 12.9. The summed E-state index contributed by atoms with van der Waals surface area (Å²) in [4.78, 5) is 60.4. The smallest absolute Gasteiger partial charge is 0.335 e. The second-order valence-electron chi connectivity index (χ2n) is 20.0. The number of amides is 3. The predicted molar refractivity (Wildman–Crippen MR) is 327 cm³/mol. The van der Waals surface area contributed by atoms with Gasteiger partial charge in [-0.05, 0) is 161 Å². The lowest BCUT2D eigenvalue weighted by Gasteiger charge is -2.36. The van der Waals surface area contributed by atoms with E-state index in [1.165, 1.54) is 36.8 Å². The maximum Gasteiger partial charge on any atom is 0.335 e. The van der Waals surface area contributed by atoms with Crippen molar-refractivity contribution < 1.29 is 34.5 Å². The van der Waals surface area contributed by atoms with Crippen LogP contribution in [0, 0.1) is 0 Å². The number of carbonyl (C=O) groups is 4. The molecule has 0 saturated carbocycles. The average molecular weight is 1130 g/mol. The van der Waals surface area contributed by atoms with Gasteiger partial charge in [0.2, 0.25) is 11.8 Å². The van der Waals surface area contributed by atoms with Gasteiger partial charge in [0, 0.05) is 101 Å². The van der Waals surface area contributed by atoms with E-state index in [9.17, 15) is 29.4 Å². The summed E-state index contributed by atoms with van der Waals surface area (Å²) in [5, 5.41) is 51.9. The fraction of sp³-hybridized carbons (Fsp3) is 0.290. The van der Waals surface area contributed by atoms with Crippen molar-refractivity contribution in [3.05, 3.63) is 169 Å². The molecule has 2 aliphatic heterocycles. The fourth-order valence-electron chi connectivity index (χ4n) is 10.0. The molecule has 6 heterocycles. The van der Waals surface area contributed by atoms with Crippen LogP contribution in [0.4, 0.5) is 57.4 Å². The molecule has 21 heteroatoms. The largest absolute Gasteiger partial charge is 0.478 e. The number of hydrogen-bond acceptors (Lipinski definition) is 15. The number of carboxylic acids is 1. The van der Waals surface area contributed by atoms with Gasteiger partial charge < -0.3 is 57.4 Å². The van der Waals surface area contributed by atoms with Crippen LogP contribution >= 0.6 is 0 Å². The Balaban J connectivity index is 0.000000184. The number of nitrogens with two attached hydrogens (primary N) is 1. The van der Waals surface area contributed by atoms with E-state index in [4.69, 9.17) is 20.8 Å². The minimum absolute atomic E-state index is 0.149. The molecule has 0 spiro atoms. The molecule has 83 heavy (non-hydrogen) atoms. The van der Waals surface area contributed by atoms with E-state index in [1.54, 1.807) is 24.3 Å². The minimum atomic E-state index is -0.994. The first-order chi connectivity index (χ1) is 40.3. The van der Waals surface area contributed by atoms with Crippen LogP contribution in [-0.4, -0.2) is 107 Å². The highest BCUT2D eigenvalue weighted by Gasteiger charge is 2.27. The molecule has 432 valence electrons. The Labute approximate surface area is 482 Å². The van der Waals surface area contributed by atoms with Crippen LogP contribution in [0.15, 0.2) is 147 Å². The molecule has 21 nitrogen and oxygen atoms in total. The van der Waals surface area contributed by atoms with Crippen LogP contribution < -0.4 is 42.1 Å². The molecule has 4 aromatic carbocycles. The predicted octanol–water partition coefficient (Wildman–Crippen LogP) is 10.0. The number of piperidine rings is 2. The molecule has 0 aliphatic carbocycles. The molecule has 4 aromatic heterocycles. The van der Waals surface area contributed by atoms with E-state index >= 15 is 0 Å². The number of anilines is 10. The first-order valence-electron chi connectivity index (χ1n) is 27.9. The maximum absolute atomic E-state index is 12.9. The quantitative estimate of drug-likeness (QED) is 0.0269. The third-order valence-electron chi connectivity index (χ3n) is 14.3. The van der Waals surface area contributed by atoms with Crippen LogP contribution in [0.25, 0.3) is 11.3 Å². The van der Waals surface area contributed by atoms with Crippen molar-refractivity contribution in [1.82, 2.24) is 29.2 Å². The molecule has 2 unspecified atom stereocenters. The van der Waals surface area contributed by atoms with Gasteiger partial charge in [0.25, 0.3) is 5.91 Å². The van der Waals surface area contributed by atoms with E-state index in [2.05, 4.69) is 79.7 Å². The third-order valence-corrected chi connectivity index (χ3v) is 14.3. The highest BCUT2D eigenvalue weighted by atomic mass is 16.4. The Bertz CT molecular complexity index is 3540. The van der Waals surface area contributed by atoms with Crippen molar-refractivity contribution >= 4 is 92.4 Å². The zero-order valence-electron chi connectivity index (χ0n) is 46.8. The molecule has 2 fully saturated rings. The summed E-state index contributed by atoms with van der Waals surface area (Å²) in [6, 6.07) is 32.3. The number of benzene rings is 4. The van der Waals surface area contributed by atoms with Crippen LogP contribution in [0.5, 0.6) is 0 Å². The summed E-state index contributed by atoms with van der Waals surface area (Å²) in [6.45, 7) is 13.1. The summed E-state index contributed by atoms with van der Waals surface area (Å²) in [5.74, 6) is 1.53. The number of nitrogen functional groups attached to an aromatic ring is 1. The highest BCUT2D eigenvalue weighted by molar-refractivity contribution is 6.05. The summed E-state index contributed by atoms with van der Waals surface area (Å²) in [7, 11) is 0. The first-order valence-corrected chi connectivity index (χ1v) is 27.9. The lowest BCUT2D eigenvalue weighted by molar-refractivity contribution is -0.112. The van der Waals surface area contributed by atoms with Gasteiger partial charge in [0.05, 0.1) is 18.0 Å². The monoisotopic (exact) mass is 1120 g/mol. The Morgan fingerprint density at radius 3 is 1.49 bits per heavy atom. The van der Waals surface area contributed by atoms with E-state index in [1.807, 2.05) is 76.0 Å². The second-order valence-corrected chi connectivity index (χ2v) is 20.0.